The van der Waals surface area contributed by atoms with Crippen LogP contribution in [0.25, 0.3) is 0 Å². The topological polar surface area (TPSA) is 89.8 Å². The highest BCUT2D eigenvalue weighted by Gasteiger charge is 2.22. The van der Waals surface area contributed by atoms with Gasteiger partial charge in [-0.15, -0.1) is 0 Å². The lowest BCUT2D eigenvalue weighted by molar-refractivity contribution is -0.112. The molecule has 1 aromatic carbocycles. The SMILES string of the molecule is CCc1nc(N=C2C=C(C(=O)Nc3ccccc3)/C=C\C(C)CC2)nc(N2CCN(CCN3CCCC3)CC2)n1. The van der Waals surface area contributed by atoms with Crippen molar-refractivity contribution in [2.75, 3.05) is 62.6 Å². The molecule has 1 amide bonds. The largest absolute Gasteiger partial charge is 0.338 e. The molecule has 0 radical (unpaired) electrons. The van der Waals surface area contributed by atoms with E-state index in [2.05, 4.69) is 44.9 Å². The fraction of sp³-hybridized carbons (Fsp3) is 0.516. The van der Waals surface area contributed by atoms with Gasteiger partial charge >= 0.3 is 0 Å². The van der Waals surface area contributed by atoms with Crippen molar-refractivity contribution in [1.82, 2.24) is 24.8 Å². The number of para-hydroxylation sites is 1. The number of aryl methyl sites for hydroxylation is 1. The first kappa shape index (κ1) is 28.1. The van der Waals surface area contributed by atoms with Gasteiger partial charge in [0.25, 0.3) is 11.9 Å². The Morgan fingerprint density at radius 2 is 1.70 bits per heavy atom. The molecule has 9 heteroatoms. The van der Waals surface area contributed by atoms with Crippen LogP contribution in [0.2, 0.25) is 0 Å². The second-order valence-corrected chi connectivity index (χ2v) is 11.0. The van der Waals surface area contributed by atoms with Gasteiger partial charge in [-0.1, -0.05) is 44.2 Å². The molecule has 9 nitrogen and oxygen atoms in total. The Balaban J connectivity index is 1.30. The quantitative estimate of drug-likeness (QED) is 0.533. The van der Waals surface area contributed by atoms with E-state index in [1.54, 1.807) is 0 Å². The van der Waals surface area contributed by atoms with Gasteiger partial charge in [0.05, 0.1) is 0 Å². The summed E-state index contributed by atoms with van der Waals surface area (Å²) in [4.78, 5) is 39.5. The molecule has 0 spiro atoms. The van der Waals surface area contributed by atoms with Gasteiger partial charge in [-0.25, -0.2) is 4.99 Å². The molecule has 1 aromatic heterocycles. The molecule has 3 heterocycles. The number of amides is 1. The maximum atomic E-state index is 13.1. The zero-order chi connectivity index (χ0) is 27.7. The summed E-state index contributed by atoms with van der Waals surface area (Å²) in [7, 11) is 0. The maximum Gasteiger partial charge on any atom is 0.255 e. The van der Waals surface area contributed by atoms with Crippen molar-refractivity contribution in [3.05, 3.63) is 60.0 Å². The van der Waals surface area contributed by atoms with Gasteiger partial charge in [-0.2, -0.15) is 15.0 Å². The second-order valence-electron chi connectivity index (χ2n) is 11.0. The minimum Gasteiger partial charge on any atom is -0.338 e. The van der Waals surface area contributed by atoms with Crippen LogP contribution in [0, 0.1) is 5.92 Å². The predicted octanol–water partition coefficient (Wildman–Crippen LogP) is 4.28. The first-order chi connectivity index (χ1) is 19.6. The van der Waals surface area contributed by atoms with Crippen LogP contribution in [0.4, 0.5) is 17.6 Å². The van der Waals surface area contributed by atoms with E-state index < -0.39 is 0 Å². The molecular weight excluding hydrogens is 500 g/mol. The molecule has 2 aliphatic heterocycles. The predicted molar refractivity (Wildman–Crippen MR) is 161 cm³/mol. The van der Waals surface area contributed by atoms with Crippen molar-refractivity contribution >= 4 is 29.2 Å². The molecular formula is C31H42N8O. The summed E-state index contributed by atoms with van der Waals surface area (Å²) in [5.74, 6) is 2.05. The Hall–Kier alpha value is -3.43. The molecule has 1 N–H and O–H groups in total. The Bertz CT molecular complexity index is 1230. The Kier molecular flexibility index (Phi) is 9.67. The van der Waals surface area contributed by atoms with E-state index in [1.165, 1.54) is 32.5 Å². The number of piperazine rings is 1. The van der Waals surface area contributed by atoms with Crippen LogP contribution >= 0.6 is 0 Å². The van der Waals surface area contributed by atoms with Gasteiger partial charge in [0.15, 0.2) is 0 Å². The normalized spacial score (nSPS) is 22.6. The number of anilines is 2. The third-order valence-corrected chi connectivity index (χ3v) is 7.88. The number of rotatable bonds is 8. The van der Waals surface area contributed by atoms with Gasteiger partial charge in [0.2, 0.25) is 5.95 Å². The summed E-state index contributed by atoms with van der Waals surface area (Å²) in [6, 6.07) is 9.51. The summed E-state index contributed by atoms with van der Waals surface area (Å²) in [5.41, 5.74) is 2.14. The summed E-state index contributed by atoms with van der Waals surface area (Å²) in [6.45, 7) is 12.8. The third-order valence-electron chi connectivity index (χ3n) is 7.88. The molecule has 0 bridgehead atoms. The monoisotopic (exact) mass is 542 g/mol. The van der Waals surface area contributed by atoms with Crippen molar-refractivity contribution in [2.45, 2.75) is 46.0 Å². The molecule has 2 saturated heterocycles. The number of nitrogens with one attached hydrogen (secondary N) is 1. The molecule has 2 aromatic rings. The van der Waals surface area contributed by atoms with E-state index in [0.717, 1.165) is 62.8 Å². The third kappa shape index (κ3) is 7.82. The number of nitrogens with zero attached hydrogens (tertiary/aromatic N) is 7. The van der Waals surface area contributed by atoms with Gasteiger partial charge < -0.3 is 15.1 Å². The zero-order valence-electron chi connectivity index (χ0n) is 23.9. The lowest BCUT2D eigenvalue weighted by atomic mass is 9.97. The Morgan fingerprint density at radius 3 is 2.42 bits per heavy atom. The van der Waals surface area contributed by atoms with Crippen molar-refractivity contribution in [1.29, 1.82) is 0 Å². The lowest BCUT2D eigenvalue weighted by Crippen LogP contribution is -2.48. The van der Waals surface area contributed by atoms with Crippen molar-refractivity contribution in [2.24, 2.45) is 10.9 Å². The smallest absolute Gasteiger partial charge is 0.255 e. The van der Waals surface area contributed by atoms with E-state index in [4.69, 9.17) is 15.0 Å². The number of aliphatic imine (C=N–C) groups is 1. The van der Waals surface area contributed by atoms with Gasteiger partial charge in [0.1, 0.15) is 5.82 Å². The summed E-state index contributed by atoms with van der Waals surface area (Å²) in [5, 5.41) is 2.99. The number of hydrogen-bond donors (Lipinski definition) is 1. The first-order valence-electron chi connectivity index (χ1n) is 14.8. The Morgan fingerprint density at radius 1 is 0.975 bits per heavy atom. The van der Waals surface area contributed by atoms with Crippen LogP contribution in [0.15, 0.2) is 59.1 Å². The molecule has 40 heavy (non-hydrogen) atoms. The number of likely N-dealkylation sites (tertiary alicyclic amines) is 1. The number of hydrogen-bond acceptors (Lipinski definition) is 8. The van der Waals surface area contributed by atoms with Gasteiger partial charge in [0, 0.05) is 62.7 Å². The number of allylic oxidation sites excluding steroid dienone is 2. The van der Waals surface area contributed by atoms with E-state index in [9.17, 15) is 4.79 Å². The van der Waals surface area contributed by atoms with Gasteiger partial charge in [-0.05, 0) is 62.9 Å². The molecule has 1 unspecified atom stereocenters. The fourth-order valence-corrected chi connectivity index (χ4v) is 5.33. The van der Waals surface area contributed by atoms with E-state index in [1.807, 2.05) is 42.5 Å². The van der Waals surface area contributed by atoms with Crippen LogP contribution in [0.5, 0.6) is 0 Å². The van der Waals surface area contributed by atoms with Crippen LogP contribution < -0.4 is 10.2 Å². The minimum atomic E-state index is -0.155. The van der Waals surface area contributed by atoms with Crippen molar-refractivity contribution < 1.29 is 4.79 Å². The number of aromatic nitrogens is 3. The van der Waals surface area contributed by atoms with Crippen LogP contribution in [-0.4, -0.2) is 88.7 Å². The standard InChI is InChI=1S/C31H42N8O/c1-3-28-34-30(36-31(35-28)39-21-19-38(20-22-39)18-17-37-15-7-8-16-37)33-27-14-12-24(2)11-13-25(23-27)29(40)32-26-9-5-4-6-10-26/h4-6,9-11,13,23-24H,3,7-8,12,14-22H2,1-2H3,(H,32,40)/b13-11-,25-23?,33-27?. The van der Waals surface area contributed by atoms with Gasteiger partial charge in [-0.3, -0.25) is 9.69 Å². The number of carbonyl (C=O) groups is 1. The summed E-state index contributed by atoms with van der Waals surface area (Å²) in [6.07, 6.45) is 10.9. The molecule has 1 atom stereocenters. The van der Waals surface area contributed by atoms with E-state index >= 15 is 0 Å². The average molecular weight is 543 g/mol. The molecule has 5 rings (SSSR count). The molecule has 0 saturated carbocycles. The van der Waals surface area contributed by atoms with Crippen LogP contribution in [-0.2, 0) is 11.2 Å². The lowest BCUT2D eigenvalue weighted by Gasteiger charge is -2.35. The van der Waals surface area contributed by atoms with Crippen LogP contribution in [0.1, 0.15) is 45.4 Å². The maximum absolute atomic E-state index is 13.1. The molecule has 3 aliphatic rings. The number of benzene rings is 1. The molecule has 2 fully saturated rings. The second kappa shape index (κ2) is 13.8. The fourth-order valence-electron chi connectivity index (χ4n) is 5.33. The Labute approximate surface area is 238 Å². The molecule has 212 valence electrons. The van der Waals surface area contributed by atoms with Crippen molar-refractivity contribution in [3.8, 4) is 0 Å². The minimum absolute atomic E-state index is 0.155. The highest BCUT2D eigenvalue weighted by molar-refractivity contribution is 6.11. The first-order valence-corrected chi connectivity index (χ1v) is 14.8. The van der Waals surface area contributed by atoms with Crippen molar-refractivity contribution in [3.63, 3.8) is 0 Å². The summed E-state index contributed by atoms with van der Waals surface area (Å²) < 4.78 is 0. The van der Waals surface area contributed by atoms with E-state index in [0.29, 0.717) is 29.8 Å². The highest BCUT2D eigenvalue weighted by Crippen LogP contribution is 2.21. The van der Waals surface area contributed by atoms with Crippen LogP contribution in [0.3, 0.4) is 0 Å². The molecule has 1 aliphatic carbocycles. The highest BCUT2D eigenvalue weighted by atomic mass is 16.1. The number of carbonyl (C=O) groups excluding carboxylic acids is 1. The summed E-state index contributed by atoms with van der Waals surface area (Å²) >= 11 is 0. The van der Waals surface area contributed by atoms with E-state index in [-0.39, 0.29) is 5.91 Å². The average Bonchev–Trinajstić information content (AvgIpc) is 3.50. The zero-order valence-corrected chi connectivity index (χ0v) is 23.9.